The molecular formula is C14H14F2N4O. The Morgan fingerprint density at radius 1 is 1.38 bits per heavy atom. The highest BCUT2D eigenvalue weighted by Gasteiger charge is 2.44. The Morgan fingerprint density at radius 2 is 2.14 bits per heavy atom. The number of carbonyl (C=O) groups is 1. The maximum atomic E-state index is 15.0. The molecule has 110 valence electrons. The number of halogens is 2. The Balaban J connectivity index is 1.82. The van der Waals surface area contributed by atoms with E-state index in [4.69, 9.17) is 0 Å². The van der Waals surface area contributed by atoms with Gasteiger partial charge in [0, 0.05) is 25.6 Å². The molecule has 5 nitrogen and oxygen atoms in total. The van der Waals surface area contributed by atoms with Crippen molar-refractivity contribution in [2.75, 3.05) is 13.1 Å². The first-order chi connectivity index (χ1) is 9.99. The van der Waals surface area contributed by atoms with Gasteiger partial charge in [0.2, 0.25) is 5.82 Å². The predicted molar refractivity (Wildman–Crippen MR) is 70.7 cm³/mol. The molecular weight excluding hydrogens is 278 g/mol. The van der Waals surface area contributed by atoms with Gasteiger partial charge in [0.1, 0.15) is 12.1 Å². The maximum Gasteiger partial charge on any atom is 0.293 e. The number of hydrogen-bond acceptors (Lipinski definition) is 3. The molecule has 2 aromatic rings. The molecule has 0 saturated carbocycles. The summed E-state index contributed by atoms with van der Waals surface area (Å²) in [5.74, 6) is -1.01. The minimum absolute atomic E-state index is 0.00530. The molecule has 1 aromatic carbocycles. The lowest BCUT2D eigenvalue weighted by Gasteiger charge is -2.21. The number of carbonyl (C=O) groups excluding carboxylic acids is 1. The summed E-state index contributed by atoms with van der Waals surface area (Å²) < 4.78 is 30.1. The van der Waals surface area contributed by atoms with Crippen LogP contribution in [0.5, 0.6) is 0 Å². The third-order valence-corrected chi connectivity index (χ3v) is 3.65. The summed E-state index contributed by atoms with van der Waals surface area (Å²) in [6.07, 6.45) is 1.47. The van der Waals surface area contributed by atoms with Crippen LogP contribution in [0.4, 0.5) is 8.78 Å². The van der Waals surface area contributed by atoms with Gasteiger partial charge in [-0.05, 0) is 6.07 Å². The minimum Gasteiger partial charge on any atom is -0.332 e. The summed E-state index contributed by atoms with van der Waals surface area (Å²) in [5.41, 5.74) is -1.87. The number of nitrogens with zero attached hydrogens (tertiary/aromatic N) is 4. The lowest BCUT2D eigenvalue weighted by atomic mass is 9.94. The molecule has 1 amide bonds. The summed E-state index contributed by atoms with van der Waals surface area (Å²) in [6.45, 7) is 0.0208. The Kier molecular flexibility index (Phi) is 3.19. The van der Waals surface area contributed by atoms with E-state index in [2.05, 4.69) is 10.1 Å². The van der Waals surface area contributed by atoms with E-state index in [1.165, 1.54) is 34.1 Å². The van der Waals surface area contributed by atoms with Crippen molar-refractivity contribution in [3.63, 3.8) is 0 Å². The van der Waals surface area contributed by atoms with E-state index in [0.717, 1.165) is 0 Å². The number of aryl methyl sites for hydroxylation is 1. The first-order valence-electron chi connectivity index (χ1n) is 6.58. The Labute approximate surface area is 120 Å². The van der Waals surface area contributed by atoms with Gasteiger partial charge < -0.3 is 4.90 Å². The number of rotatable bonds is 2. The second kappa shape index (κ2) is 4.91. The first-order valence-corrected chi connectivity index (χ1v) is 6.58. The fourth-order valence-corrected chi connectivity index (χ4v) is 2.57. The van der Waals surface area contributed by atoms with Crippen LogP contribution in [-0.2, 0) is 12.7 Å². The van der Waals surface area contributed by atoms with Gasteiger partial charge in [-0.2, -0.15) is 0 Å². The van der Waals surface area contributed by atoms with Crippen LogP contribution in [0.1, 0.15) is 22.6 Å². The van der Waals surface area contributed by atoms with Gasteiger partial charge in [-0.3, -0.25) is 9.48 Å². The van der Waals surface area contributed by atoms with Gasteiger partial charge in [-0.1, -0.05) is 18.2 Å². The highest BCUT2D eigenvalue weighted by Crippen LogP contribution is 2.37. The molecule has 7 heteroatoms. The number of hydrogen-bond donors (Lipinski definition) is 0. The van der Waals surface area contributed by atoms with Crippen molar-refractivity contribution in [3.8, 4) is 0 Å². The normalized spacial score (nSPS) is 21.8. The summed E-state index contributed by atoms with van der Waals surface area (Å²) in [6, 6.07) is 5.74. The number of amides is 1. The van der Waals surface area contributed by atoms with Crippen LogP contribution in [0.2, 0.25) is 0 Å². The fourth-order valence-electron chi connectivity index (χ4n) is 2.57. The van der Waals surface area contributed by atoms with E-state index in [1.807, 2.05) is 0 Å². The van der Waals surface area contributed by atoms with Crippen LogP contribution in [0, 0.1) is 5.82 Å². The van der Waals surface area contributed by atoms with Crippen molar-refractivity contribution in [2.45, 2.75) is 12.1 Å². The van der Waals surface area contributed by atoms with Crippen LogP contribution < -0.4 is 0 Å². The SMILES string of the molecule is Cn1cnc(C(=O)N2CCC(F)(c3ccccc3F)C2)n1. The van der Waals surface area contributed by atoms with Crippen molar-refractivity contribution in [2.24, 2.45) is 7.05 Å². The monoisotopic (exact) mass is 292 g/mol. The third kappa shape index (κ3) is 2.39. The zero-order valence-corrected chi connectivity index (χ0v) is 11.5. The molecule has 1 unspecified atom stereocenters. The van der Waals surface area contributed by atoms with E-state index in [-0.39, 0.29) is 30.9 Å². The van der Waals surface area contributed by atoms with Crippen molar-refractivity contribution < 1.29 is 13.6 Å². The van der Waals surface area contributed by atoms with Crippen molar-refractivity contribution in [1.29, 1.82) is 0 Å². The molecule has 1 saturated heterocycles. The summed E-state index contributed by atoms with van der Waals surface area (Å²) in [4.78, 5) is 17.4. The van der Waals surface area contributed by atoms with Crippen LogP contribution in [0.15, 0.2) is 30.6 Å². The van der Waals surface area contributed by atoms with Gasteiger partial charge in [-0.25, -0.2) is 13.8 Å². The van der Waals surface area contributed by atoms with Gasteiger partial charge in [0.15, 0.2) is 5.67 Å². The lowest BCUT2D eigenvalue weighted by molar-refractivity contribution is 0.0736. The van der Waals surface area contributed by atoms with E-state index in [9.17, 15) is 13.6 Å². The number of aromatic nitrogens is 3. The highest BCUT2D eigenvalue weighted by atomic mass is 19.1. The quantitative estimate of drug-likeness (QED) is 0.846. The largest absolute Gasteiger partial charge is 0.332 e. The second-order valence-corrected chi connectivity index (χ2v) is 5.16. The van der Waals surface area contributed by atoms with Crippen molar-refractivity contribution in [1.82, 2.24) is 19.7 Å². The molecule has 1 fully saturated rings. The van der Waals surface area contributed by atoms with Crippen LogP contribution >= 0.6 is 0 Å². The zero-order valence-electron chi connectivity index (χ0n) is 11.5. The van der Waals surface area contributed by atoms with E-state index >= 15 is 0 Å². The smallest absolute Gasteiger partial charge is 0.293 e. The summed E-state index contributed by atoms with van der Waals surface area (Å²) in [7, 11) is 1.65. The molecule has 0 aliphatic carbocycles. The molecule has 0 spiro atoms. The Hall–Kier alpha value is -2.31. The average Bonchev–Trinajstić information content (AvgIpc) is 3.06. The summed E-state index contributed by atoms with van der Waals surface area (Å²) in [5, 5.41) is 3.91. The minimum atomic E-state index is -1.87. The van der Waals surface area contributed by atoms with Gasteiger partial charge in [0.05, 0.1) is 6.54 Å². The molecule has 1 aliphatic heterocycles. The zero-order chi connectivity index (χ0) is 15.0. The fraction of sp³-hybridized carbons (Fsp3) is 0.357. The maximum absolute atomic E-state index is 15.0. The molecule has 3 rings (SSSR count). The topological polar surface area (TPSA) is 51.0 Å². The molecule has 0 N–H and O–H groups in total. The highest BCUT2D eigenvalue weighted by molar-refractivity contribution is 5.90. The third-order valence-electron chi connectivity index (χ3n) is 3.65. The number of likely N-dealkylation sites (tertiary alicyclic amines) is 1. The van der Waals surface area contributed by atoms with Gasteiger partial charge >= 0.3 is 0 Å². The van der Waals surface area contributed by atoms with E-state index in [0.29, 0.717) is 0 Å². The Morgan fingerprint density at radius 3 is 2.81 bits per heavy atom. The number of alkyl halides is 1. The second-order valence-electron chi connectivity index (χ2n) is 5.16. The molecule has 21 heavy (non-hydrogen) atoms. The van der Waals surface area contributed by atoms with Crippen molar-refractivity contribution in [3.05, 3.63) is 47.8 Å². The van der Waals surface area contributed by atoms with Crippen LogP contribution in [0.25, 0.3) is 0 Å². The average molecular weight is 292 g/mol. The molecule has 1 atom stereocenters. The van der Waals surface area contributed by atoms with E-state index in [1.54, 1.807) is 13.1 Å². The Bertz CT molecular complexity index is 687. The molecule has 0 radical (unpaired) electrons. The predicted octanol–water partition coefficient (Wildman–Crippen LogP) is 1.67. The van der Waals surface area contributed by atoms with Gasteiger partial charge in [-0.15, -0.1) is 5.10 Å². The first kappa shape index (κ1) is 13.7. The summed E-state index contributed by atoms with van der Waals surface area (Å²) >= 11 is 0. The standard InChI is InChI=1S/C14H14F2N4O/c1-19-9-17-12(18-19)13(21)20-7-6-14(16,8-20)10-4-2-3-5-11(10)15/h2-5,9H,6-8H2,1H3. The van der Waals surface area contributed by atoms with Crippen LogP contribution in [-0.4, -0.2) is 38.7 Å². The van der Waals surface area contributed by atoms with Gasteiger partial charge in [0.25, 0.3) is 5.91 Å². The lowest BCUT2D eigenvalue weighted by Crippen LogP contribution is -2.33. The molecule has 2 heterocycles. The number of benzene rings is 1. The molecule has 0 bridgehead atoms. The van der Waals surface area contributed by atoms with Crippen LogP contribution in [0.3, 0.4) is 0 Å². The molecule has 1 aliphatic rings. The van der Waals surface area contributed by atoms with Crippen molar-refractivity contribution >= 4 is 5.91 Å². The molecule has 1 aromatic heterocycles. The van der Waals surface area contributed by atoms with E-state index < -0.39 is 17.4 Å².